The van der Waals surface area contributed by atoms with Crippen LogP contribution in [0, 0.1) is 11.8 Å². The molecule has 1 N–H and O–H groups in total. The van der Waals surface area contributed by atoms with E-state index in [0.717, 1.165) is 19.4 Å². The number of halogens is 2. The highest BCUT2D eigenvalue weighted by atomic mass is 35.5. The van der Waals surface area contributed by atoms with Crippen LogP contribution in [-0.4, -0.2) is 44.0 Å². The van der Waals surface area contributed by atoms with E-state index in [1.165, 1.54) is 7.11 Å². The van der Waals surface area contributed by atoms with Crippen molar-refractivity contribution < 1.29 is 19.0 Å². The van der Waals surface area contributed by atoms with E-state index in [-0.39, 0.29) is 18.6 Å². The Hall–Kier alpha value is -1.45. The molecule has 1 amide bonds. The molecule has 0 saturated carbocycles. The summed E-state index contributed by atoms with van der Waals surface area (Å²) in [7, 11) is 1.50. The number of benzene rings is 1. The molecule has 1 aliphatic rings. The van der Waals surface area contributed by atoms with Gasteiger partial charge in [0.1, 0.15) is 5.75 Å². The number of ether oxygens (including phenoxy) is 3. The summed E-state index contributed by atoms with van der Waals surface area (Å²) < 4.78 is 16.4. The van der Waals surface area contributed by atoms with Crippen LogP contribution in [0.3, 0.4) is 0 Å². The Morgan fingerprint density at radius 3 is 2.67 bits per heavy atom. The minimum Gasteiger partial charge on any atom is -0.478 e. The summed E-state index contributed by atoms with van der Waals surface area (Å²) in [5.74, 6) is 6.27. The van der Waals surface area contributed by atoms with Gasteiger partial charge in [-0.3, -0.25) is 4.79 Å². The highest BCUT2D eigenvalue weighted by Crippen LogP contribution is 2.25. The Balaban J connectivity index is 1.98. The standard InChI is InChI=1S/C20H25Cl2NO4/c1-20(2,8-4-6-16-7-5-9-26-16)23-19(24)18(13-25-3)27-17-11-14(21)10-15(22)12-17/h10-12,16,18H,5-7,9,13H2,1-3H3,(H,23,24). The van der Waals surface area contributed by atoms with E-state index in [4.69, 9.17) is 37.4 Å². The molecule has 1 fully saturated rings. The van der Waals surface area contributed by atoms with Crippen molar-refractivity contribution in [3.63, 3.8) is 0 Å². The molecule has 5 nitrogen and oxygen atoms in total. The number of methoxy groups -OCH3 is 1. The molecule has 2 atom stereocenters. The summed E-state index contributed by atoms with van der Waals surface area (Å²) in [5, 5.41) is 3.74. The molecule has 0 radical (unpaired) electrons. The van der Waals surface area contributed by atoms with Gasteiger partial charge in [0, 0.05) is 30.2 Å². The molecule has 1 saturated heterocycles. The normalized spacial score (nSPS) is 17.7. The Labute approximate surface area is 170 Å². The summed E-state index contributed by atoms with van der Waals surface area (Å²) in [6.45, 7) is 4.56. The van der Waals surface area contributed by atoms with Crippen LogP contribution in [0.1, 0.15) is 33.1 Å². The van der Waals surface area contributed by atoms with Gasteiger partial charge in [-0.1, -0.05) is 35.0 Å². The van der Waals surface area contributed by atoms with Gasteiger partial charge in [0.15, 0.2) is 6.10 Å². The van der Waals surface area contributed by atoms with Crippen LogP contribution < -0.4 is 10.1 Å². The molecule has 7 heteroatoms. The lowest BCUT2D eigenvalue weighted by molar-refractivity contribution is -0.131. The minimum atomic E-state index is -0.858. The van der Waals surface area contributed by atoms with Crippen LogP contribution in [0.25, 0.3) is 0 Å². The average molecular weight is 414 g/mol. The maximum atomic E-state index is 12.7. The van der Waals surface area contributed by atoms with E-state index in [1.807, 2.05) is 13.8 Å². The van der Waals surface area contributed by atoms with Crippen LogP contribution in [0.5, 0.6) is 5.75 Å². The van der Waals surface area contributed by atoms with Crippen molar-refractivity contribution >= 4 is 29.1 Å². The Bertz CT molecular complexity index is 685. The second-order valence-electron chi connectivity index (χ2n) is 6.92. The lowest BCUT2D eigenvalue weighted by Gasteiger charge is -2.24. The molecule has 1 heterocycles. The highest BCUT2D eigenvalue weighted by Gasteiger charge is 2.26. The average Bonchev–Trinajstić information content (AvgIpc) is 3.06. The van der Waals surface area contributed by atoms with Gasteiger partial charge >= 0.3 is 0 Å². The van der Waals surface area contributed by atoms with E-state index >= 15 is 0 Å². The summed E-state index contributed by atoms with van der Waals surface area (Å²) in [6, 6.07) is 4.78. The molecule has 1 aromatic rings. The summed E-state index contributed by atoms with van der Waals surface area (Å²) >= 11 is 12.0. The number of hydrogen-bond donors (Lipinski definition) is 1. The van der Waals surface area contributed by atoms with Crippen molar-refractivity contribution in [2.45, 2.75) is 50.9 Å². The number of rotatable bonds is 7. The molecule has 1 aromatic carbocycles. The second kappa shape index (κ2) is 10.2. The fourth-order valence-electron chi connectivity index (χ4n) is 2.69. The molecule has 0 bridgehead atoms. The highest BCUT2D eigenvalue weighted by molar-refractivity contribution is 6.34. The van der Waals surface area contributed by atoms with E-state index < -0.39 is 11.6 Å². The van der Waals surface area contributed by atoms with Gasteiger partial charge in [-0.2, -0.15) is 0 Å². The maximum absolute atomic E-state index is 12.7. The molecule has 2 unspecified atom stereocenters. The molecule has 27 heavy (non-hydrogen) atoms. The van der Waals surface area contributed by atoms with Gasteiger partial charge in [-0.05, 0) is 44.9 Å². The molecular weight excluding hydrogens is 389 g/mol. The lowest BCUT2D eigenvalue weighted by atomic mass is 10.0. The van der Waals surface area contributed by atoms with Crippen molar-refractivity contribution in [2.75, 3.05) is 20.3 Å². The Morgan fingerprint density at radius 1 is 1.37 bits per heavy atom. The van der Waals surface area contributed by atoms with Gasteiger partial charge in [0.2, 0.25) is 0 Å². The predicted molar refractivity (Wildman–Crippen MR) is 106 cm³/mol. The first-order valence-corrected chi connectivity index (χ1v) is 9.60. The van der Waals surface area contributed by atoms with Crippen LogP contribution in [0.4, 0.5) is 0 Å². The number of hydrogen-bond acceptors (Lipinski definition) is 4. The van der Waals surface area contributed by atoms with E-state index in [1.54, 1.807) is 18.2 Å². The van der Waals surface area contributed by atoms with Gasteiger partial charge in [-0.25, -0.2) is 0 Å². The lowest BCUT2D eigenvalue weighted by Crippen LogP contribution is -2.50. The van der Waals surface area contributed by atoms with Gasteiger partial charge in [0.25, 0.3) is 5.91 Å². The van der Waals surface area contributed by atoms with Crippen molar-refractivity contribution in [2.24, 2.45) is 0 Å². The molecule has 0 aromatic heterocycles. The zero-order valence-electron chi connectivity index (χ0n) is 15.8. The van der Waals surface area contributed by atoms with Crippen molar-refractivity contribution in [1.29, 1.82) is 0 Å². The molecule has 1 aliphatic heterocycles. The van der Waals surface area contributed by atoms with Crippen LogP contribution in [0.15, 0.2) is 18.2 Å². The number of nitrogens with one attached hydrogen (secondary N) is 1. The largest absolute Gasteiger partial charge is 0.478 e. The van der Waals surface area contributed by atoms with Gasteiger partial charge in [0.05, 0.1) is 18.2 Å². The van der Waals surface area contributed by atoms with Crippen LogP contribution in [0.2, 0.25) is 10.0 Å². The van der Waals surface area contributed by atoms with E-state index in [9.17, 15) is 4.79 Å². The van der Waals surface area contributed by atoms with Crippen molar-refractivity contribution in [3.8, 4) is 17.6 Å². The molecular formula is C20H25Cl2NO4. The fraction of sp³-hybridized carbons (Fsp3) is 0.550. The number of carbonyl (C=O) groups excluding carboxylic acids is 1. The second-order valence-corrected chi connectivity index (χ2v) is 7.80. The smallest absolute Gasteiger partial charge is 0.264 e. The first kappa shape index (κ1) is 21.8. The van der Waals surface area contributed by atoms with Crippen molar-refractivity contribution in [1.82, 2.24) is 5.32 Å². The first-order chi connectivity index (χ1) is 12.8. The minimum absolute atomic E-state index is 0.0788. The zero-order valence-corrected chi connectivity index (χ0v) is 17.3. The van der Waals surface area contributed by atoms with Crippen LogP contribution >= 0.6 is 23.2 Å². The third kappa shape index (κ3) is 7.59. The fourth-order valence-corrected chi connectivity index (χ4v) is 3.19. The third-order valence-corrected chi connectivity index (χ3v) is 4.35. The summed E-state index contributed by atoms with van der Waals surface area (Å²) in [5.41, 5.74) is -0.711. The SMILES string of the molecule is COCC(Oc1cc(Cl)cc(Cl)c1)C(=O)NC(C)(C)C#CCC1CCCO1. The van der Waals surface area contributed by atoms with E-state index in [2.05, 4.69) is 17.2 Å². The molecule has 0 spiro atoms. The van der Waals surface area contributed by atoms with Crippen molar-refractivity contribution in [3.05, 3.63) is 28.2 Å². The third-order valence-electron chi connectivity index (χ3n) is 3.92. The quantitative estimate of drug-likeness (QED) is 0.689. The molecule has 2 rings (SSSR count). The zero-order chi connectivity index (χ0) is 19.9. The maximum Gasteiger partial charge on any atom is 0.264 e. The topological polar surface area (TPSA) is 56.8 Å². The van der Waals surface area contributed by atoms with Gasteiger partial charge < -0.3 is 19.5 Å². The van der Waals surface area contributed by atoms with E-state index in [0.29, 0.717) is 22.2 Å². The first-order valence-electron chi connectivity index (χ1n) is 8.84. The number of carbonyl (C=O) groups is 1. The summed E-state index contributed by atoms with van der Waals surface area (Å²) in [6.07, 6.45) is 2.12. The summed E-state index contributed by atoms with van der Waals surface area (Å²) in [4.78, 5) is 12.7. The molecule has 148 valence electrons. The Morgan fingerprint density at radius 2 is 2.07 bits per heavy atom. The number of amides is 1. The monoisotopic (exact) mass is 413 g/mol. The Kier molecular flexibility index (Phi) is 8.25. The van der Waals surface area contributed by atoms with Gasteiger partial charge in [-0.15, -0.1) is 0 Å². The molecule has 0 aliphatic carbocycles. The van der Waals surface area contributed by atoms with Crippen LogP contribution in [-0.2, 0) is 14.3 Å². The predicted octanol–water partition coefficient (Wildman–Crippen LogP) is 3.85.